The quantitative estimate of drug-likeness (QED) is 0.770. The molecule has 86 valence electrons. The molecule has 1 aliphatic rings. The number of ether oxygens (including phenoxy) is 2. The molecule has 4 heteroatoms. The first-order valence-corrected chi connectivity index (χ1v) is 5.34. The van der Waals surface area contributed by atoms with Gasteiger partial charge in [0.15, 0.2) is 6.61 Å². The molecule has 16 heavy (non-hydrogen) atoms. The maximum atomic E-state index is 10.8. The van der Waals surface area contributed by atoms with E-state index in [0.29, 0.717) is 11.8 Å². The third kappa shape index (κ3) is 3.15. The molecule has 0 spiro atoms. The van der Waals surface area contributed by atoms with Crippen molar-refractivity contribution in [2.45, 2.75) is 18.9 Å². The van der Waals surface area contributed by atoms with Gasteiger partial charge < -0.3 is 14.8 Å². The molecule has 0 heterocycles. The van der Waals surface area contributed by atoms with Crippen LogP contribution in [-0.2, 0) is 9.53 Å². The highest BCUT2D eigenvalue weighted by Gasteiger charge is 2.20. The van der Waals surface area contributed by atoms with E-state index in [-0.39, 0.29) is 12.6 Å². The van der Waals surface area contributed by atoms with E-state index >= 15 is 0 Å². The number of carbonyl (C=O) groups is 1. The van der Waals surface area contributed by atoms with E-state index in [1.807, 2.05) is 24.3 Å². The van der Waals surface area contributed by atoms with Gasteiger partial charge in [-0.3, -0.25) is 0 Å². The Hall–Kier alpha value is -1.71. The third-order valence-electron chi connectivity index (χ3n) is 2.39. The van der Waals surface area contributed by atoms with Crippen LogP contribution in [0.1, 0.15) is 12.8 Å². The minimum Gasteiger partial charge on any atom is -0.482 e. The van der Waals surface area contributed by atoms with Gasteiger partial charge in [-0.2, -0.15) is 0 Å². The SMILES string of the molecule is COC(=O)COc1ccc(NC2CC2)cc1. The molecule has 1 aromatic rings. The van der Waals surface area contributed by atoms with Crippen LogP contribution in [0.25, 0.3) is 0 Å². The standard InChI is InChI=1S/C12H15NO3/c1-15-12(14)8-16-11-6-4-10(5-7-11)13-9-2-3-9/h4-7,9,13H,2-3,8H2,1H3. The van der Waals surface area contributed by atoms with Crippen LogP contribution in [0.5, 0.6) is 5.75 Å². The summed E-state index contributed by atoms with van der Waals surface area (Å²) in [6.45, 7) is -0.0497. The maximum Gasteiger partial charge on any atom is 0.343 e. The van der Waals surface area contributed by atoms with Crippen LogP contribution < -0.4 is 10.1 Å². The highest BCUT2D eigenvalue weighted by atomic mass is 16.6. The zero-order valence-corrected chi connectivity index (χ0v) is 9.23. The number of nitrogens with one attached hydrogen (secondary N) is 1. The molecule has 0 amide bonds. The lowest BCUT2D eigenvalue weighted by Crippen LogP contribution is -2.12. The summed E-state index contributed by atoms with van der Waals surface area (Å²) < 4.78 is 9.71. The van der Waals surface area contributed by atoms with Crippen LogP contribution in [0.2, 0.25) is 0 Å². The van der Waals surface area contributed by atoms with Crippen molar-refractivity contribution in [1.82, 2.24) is 0 Å². The number of hydrogen-bond donors (Lipinski definition) is 1. The van der Waals surface area contributed by atoms with E-state index in [0.717, 1.165) is 5.69 Å². The van der Waals surface area contributed by atoms with Crippen LogP contribution in [0.15, 0.2) is 24.3 Å². The van der Waals surface area contributed by atoms with Crippen molar-refractivity contribution in [2.24, 2.45) is 0 Å². The average molecular weight is 221 g/mol. The van der Waals surface area contributed by atoms with Gasteiger partial charge in [0.2, 0.25) is 0 Å². The highest BCUT2D eigenvalue weighted by Crippen LogP contribution is 2.25. The minimum absolute atomic E-state index is 0.0497. The number of carbonyl (C=O) groups excluding carboxylic acids is 1. The van der Waals surface area contributed by atoms with Crippen LogP contribution in [0, 0.1) is 0 Å². The van der Waals surface area contributed by atoms with E-state index in [4.69, 9.17) is 4.74 Å². The van der Waals surface area contributed by atoms with Crippen molar-refractivity contribution >= 4 is 11.7 Å². The van der Waals surface area contributed by atoms with Gasteiger partial charge in [0.25, 0.3) is 0 Å². The molecule has 0 radical (unpaired) electrons. The zero-order valence-electron chi connectivity index (χ0n) is 9.23. The van der Waals surface area contributed by atoms with Gasteiger partial charge in [-0.1, -0.05) is 0 Å². The van der Waals surface area contributed by atoms with E-state index < -0.39 is 0 Å². The lowest BCUT2D eigenvalue weighted by molar-refractivity contribution is -0.142. The summed E-state index contributed by atoms with van der Waals surface area (Å²) in [6, 6.07) is 8.22. The monoisotopic (exact) mass is 221 g/mol. The van der Waals surface area contributed by atoms with Crippen molar-refractivity contribution in [1.29, 1.82) is 0 Å². The van der Waals surface area contributed by atoms with E-state index in [1.54, 1.807) is 0 Å². The average Bonchev–Trinajstić information content (AvgIpc) is 3.11. The molecule has 0 atom stereocenters. The first-order chi connectivity index (χ1) is 7.78. The summed E-state index contributed by atoms with van der Waals surface area (Å²) in [5.74, 6) is 0.298. The molecule has 0 aliphatic heterocycles. The molecule has 0 unspecified atom stereocenters. The molecule has 4 nitrogen and oxygen atoms in total. The fourth-order valence-corrected chi connectivity index (χ4v) is 1.31. The summed E-state index contributed by atoms with van der Waals surface area (Å²) in [5.41, 5.74) is 1.09. The van der Waals surface area contributed by atoms with Crippen molar-refractivity contribution in [2.75, 3.05) is 19.0 Å². The molecule has 1 saturated carbocycles. The Morgan fingerprint density at radius 3 is 2.62 bits per heavy atom. The van der Waals surface area contributed by atoms with Gasteiger partial charge in [0, 0.05) is 11.7 Å². The molecule has 1 aromatic carbocycles. The summed E-state index contributed by atoms with van der Waals surface area (Å²) >= 11 is 0. The summed E-state index contributed by atoms with van der Waals surface area (Å²) in [4.78, 5) is 10.8. The molecule has 1 N–H and O–H groups in total. The number of hydrogen-bond acceptors (Lipinski definition) is 4. The predicted molar refractivity (Wildman–Crippen MR) is 60.6 cm³/mol. The molecule has 0 saturated heterocycles. The molecular formula is C12H15NO3. The summed E-state index contributed by atoms with van der Waals surface area (Å²) in [7, 11) is 1.34. The topological polar surface area (TPSA) is 47.6 Å². The Labute approximate surface area is 94.6 Å². The Morgan fingerprint density at radius 1 is 1.38 bits per heavy atom. The van der Waals surface area contributed by atoms with E-state index in [9.17, 15) is 4.79 Å². The second-order valence-electron chi connectivity index (χ2n) is 3.81. The predicted octanol–water partition coefficient (Wildman–Crippen LogP) is 1.81. The Balaban J connectivity index is 1.83. The number of rotatable bonds is 5. The van der Waals surface area contributed by atoms with Crippen molar-refractivity contribution < 1.29 is 14.3 Å². The van der Waals surface area contributed by atoms with Gasteiger partial charge in [-0.15, -0.1) is 0 Å². The van der Waals surface area contributed by atoms with Crippen LogP contribution in [0.4, 0.5) is 5.69 Å². The van der Waals surface area contributed by atoms with Gasteiger partial charge in [0.1, 0.15) is 5.75 Å². The van der Waals surface area contributed by atoms with Crippen molar-refractivity contribution in [3.05, 3.63) is 24.3 Å². The van der Waals surface area contributed by atoms with E-state index in [1.165, 1.54) is 20.0 Å². The molecule has 0 bridgehead atoms. The molecular weight excluding hydrogens is 206 g/mol. The number of methoxy groups -OCH3 is 1. The normalized spacial score (nSPS) is 14.3. The Bertz CT molecular complexity index is 357. The first-order valence-electron chi connectivity index (χ1n) is 5.34. The fraction of sp³-hybridized carbons (Fsp3) is 0.417. The summed E-state index contributed by atoms with van der Waals surface area (Å²) in [5, 5.41) is 3.37. The first kappa shape index (κ1) is 10.8. The van der Waals surface area contributed by atoms with Crippen molar-refractivity contribution in [3.63, 3.8) is 0 Å². The fourth-order valence-electron chi connectivity index (χ4n) is 1.31. The van der Waals surface area contributed by atoms with Gasteiger partial charge in [0.05, 0.1) is 7.11 Å². The number of esters is 1. The number of anilines is 1. The third-order valence-corrected chi connectivity index (χ3v) is 2.39. The second kappa shape index (κ2) is 4.88. The molecule has 2 rings (SSSR count). The summed E-state index contributed by atoms with van der Waals surface area (Å²) in [6.07, 6.45) is 2.50. The molecule has 1 aliphatic carbocycles. The molecule has 0 aromatic heterocycles. The van der Waals surface area contributed by atoms with Crippen LogP contribution in [0.3, 0.4) is 0 Å². The smallest absolute Gasteiger partial charge is 0.343 e. The van der Waals surface area contributed by atoms with Gasteiger partial charge in [-0.25, -0.2) is 4.79 Å². The number of benzene rings is 1. The zero-order chi connectivity index (χ0) is 11.4. The lowest BCUT2D eigenvalue weighted by Gasteiger charge is -2.07. The Kier molecular flexibility index (Phi) is 3.29. The van der Waals surface area contributed by atoms with Gasteiger partial charge >= 0.3 is 5.97 Å². The maximum absolute atomic E-state index is 10.8. The van der Waals surface area contributed by atoms with Crippen LogP contribution >= 0.6 is 0 Å². The minimum atomic E-state index is -0.375. The largest absolute Gasteiger partial charge is 0.482 e. The van der Waals surface area contributed by atoms with Crippen molar-refractivity contribution in [3.8, 4) is 5.75 Å². The second-order valence-corrected chi connectivity index (χ2v) is 3.81. The Morgan fingerprint density at radius 2 is 2.06 bits per heavy atom. The van der Waals surface area contributed by atoms with E-state index in [2.05, 4.69) is 10.1 Å². The van der Waals surface area contributed by atoms with Gasteiger partial charge in [-0.05, 0) is 37.1 Å². The van der Waals surface area contributed by atoms with Crippen LogP contribution in [-0.4, -0.2) is 25.7 Å². The lowest BCUT2D eigenvalue weighted by atomic mass is 10.3. The highest BCUT2D eigenvalue weighted by molar-refractivity contribution is 5.70. The molecule has 1 fully saturated rings.